The molecule has 0 saturated carbocycles. The maximum atomic E-state index is 13.1. The highest BCUT2D eigenvalue weighted by Crippen LogP contribution is 2.37. The van der Waals surface area contributed by atoms with Crippen LogP contribution in [0.4, 0.5) is 4.39 Å². The van der Waals surface area contributed by atoms with Crippen molar-refractivity contribution >= 4 is 33.2 Å². The number of benzene rings is 1. The lowest BCUT2D eigenvalue weighted by Gasteiger charge is -2.28. The number of thiophene rings is 1. The monoisotopic (exact) mass is 482 g/mol. The first-order valence-corrected chi connectivity index (χ1v) is 12.7. The molecule has 7 nitrogen and oxygen atoms in total. The molecule has 10 heteroatoms. The third kappa shape index (κ3) is 5.36. The minimum Gasteiger partial charge on any atom is -0.465 e. The number of rotatable bonds is 8. The van der Waals surface area contributed by atoms with Crippen LogP contribution in [0.25, 0.3) is 0 Å². The van der Waals surface area contributed by atoms with Gasteiger partial charge < -0.3 is 9.64 Å². The molecule has 0 spiro atoms. The molecule has 2 aromatic rings. The number of nitrogens with one attached hydrogen (secondary N) is 1. The fourth-order valence-corrected chi connectivity index (χ4v) is 6.47. The number of hydrogen-bond acceptors (Lipinski definition) is 6. The van der Waals surface area contributed by atoms with Gasteiger partial charge in [0.05, 0.1) is 19.2 Å². The summed E-state index contributed by atoms with van der Waals surface area (Å²) in [6.45, 7) is 4.69. The van der Waals surface area contributed by atoms with E-state index in [-0.39, 0.29) is 34.7 Å². The van der Waals surface area contributed by atoms with Gasteiger partial charge in [-0.1, -0.05) is 32.4 Å². The second-order valence-electron chi connectivity index (χ2n) is 7.89. The van der Waals surface area contributed by atoms with Gasteiger partial charge in [0.2, 0.25) is 5.91 Å². The van der Waals surface area contributed by atoms with Gasteiger partial charge in [-0.15, -0.1) is 11.3 Å². The zero-order chi connectivity index (χ0) is 23.5. The maximum absolute atomic E-state index is 13.1. The summed E-state index contributed by atoms with van der Waals surface area (Å²) in [4.78, 5) is 27.5. The van der Waals surface area contributed by atoms with E-state index in [1.54, 1.807) is 4.90 Å². The highest BCUT2D eigenvalue weighted by atomic mass is 32.2. The maximum Gasteiger partial charge on any atom is 0.340 e. The van der Waals surface area contributed by atoms with Crippen LogP contribution in [0.2, 0.25) is 0 Å². The van der Waals surface area contributed by atoms with E-state index in [0.717, 1.165) is 17.8 Å². The van der Waals surface area contributed by atoms with E-state index < -0.39 is 21.8 Å². The molecule has 1 aromatic carbocycles. The first kappa shape index (κ1) is 24.3. The smallest absolute Gasteiger partial charge is 0.340 e. The third-order valence-electron chi connectivity index (χ3n) is 5.61. The van der Waals surface area contributed by atoms with Crippen LogP contribution in [-0.2, 0) is 39.1 Å². The number of nitrogens with zero attached hydrogens (tertiary/aromatic N) is 1. The van der Waals surface area contributed by atoms with Crippen LogP contribution < -0.4 is 4.72 Å². The van der Waals surface area contributed by atoms with E-state index in [0.29, 0.717) is 35.4 Å². The Morgan fingerprint density at radius 1 is 1.28 bits per heavy atom. The molecule has 1 N–H and O–H groups in total. The topological polar surface area (TPSA) is 92.8 Å². The summed E-state index contributed by atoms with van der Waals surface area (Å²) in [5.74, 6) is -0.840. The van der Waals surface area contributed by atoms with Gasteiger partial charge >= 0.3 is 5.97 Å². The van der Waals surface area contributed by atoms with Crippen molar-refractivity contribution in [3.05, 3.63) is 51.7 Å². The van der Waals surface area contributed by atoms with Crippen molar-refractivity contribution in [2.75, 3.05) is 13.7 Å². The number of ether oxygens (including phenoxy) is 1. The van der Waals surface area contributed by atoms with Gasteiger partial charge in [0.25, 0.3) is 10.0 Å². The van der Waals surface area contributed by atoms with Crippen molar-refractivity contribution in [2.24, 2.45) is 5.92 Å². The molecule has 1 aromatic heterocycles. The summed E-state index contributed by atoms with van der Waals surface area (Å²) in [6.07, 6.45) is 1.72. The number of esters is 1. The van der Waals surface area contributed by atoms with Crippen LogP contribution in [0.1, 0.15) is 53.1 Å². The van der Waals surface area contributed by atoms with Crippen LogP contribution in [0, 0.1) is 11.7 Å². The first-order chi connectivity index (χ1) is 15.2. The molecule has 2 heterocycles. The van der Waals surface area contributed by atoms with Crippen molar-refractivity contribution < 1.29 is 27.1 Å². The predicted molar refractivity (Wildman–Crippen MR) is 119 cm³/mol. The van der Waals surface area contributed by atoms with Gasteiger partial charge in [-0.3, -0.25) is 4.79 Å². The molecular formula is C22H27FN2O5S2. The van der Waals surface area contributed by atoms with Gasteiger partial charge in [0.1, 0.15) is 10.0 Å². The fraction of sp³-hybridized carbons (Fsp3) is 0.455. The molecule has 32 heavy (non-hydrogen) atoms. The molecule has 0 saturated heterocycles. The number of halogens is 1. The number of fused-ring (bicyclic) bond motifs is 1. The van der Waals surface area contributed by atoms with Crippen LogP contribution >= 0.6 is 11.3 Å². The Morgan fingerprint density at radius 3 is 2.59 bits per heavy atom. The number of methoxy groups -OCH3 is 1. The summed E-state index contributed by atoms with van der Waals surface area (Å²) in [5.41, 5.74) is 1.24. The Morgan fingerprint density at radius 2 is 1.97 bits per heavy atom. The second kappa shape index (κ2) is 10.1. The zero-order valence-corrected chi connectivity index (χ0v) is 19.9. The predicted octanol–water partition coefficient (Wildman–Crippen LogP) is 3.47. The highest BCUT2D eigenvalue weighted by Gasteiger charge is 2.35. The summed E-state index contributed by atoms with van der Waals surface area (Å²) >= 11 is 0.991. The first-order valence-electron chi connectivity index (χ1n) is 10.4. The highest BCUT2D eigenvalue weighted by molar-refractivity contribution is 7.91. The van der Waals surface area contributed by atoms with Crippen molar-refractivity contribution in [1.82, 2.24) is 9.62 Å². The Hall–Kier alpha value is -2.30. The molecule has 1 aliphatic heterocycles. The van der Waals surface area contributed by atoms with Crippen molar-refractivity contribution in [1.29, 1.82) is 0 Å². The summed E-state index contributed by atoms with van der Waals surface area (Å²) in [5, 5.41) is 0. The Kier molecular flexibility index (Phi) is 7.68. The van der Waals surface area contributed by atoms with E-state index in [1.807, 2.05) is 13.8 Å². The number of carbonyl (C=O) groups is 2. The zero-order valence-electron chi connectivity index (χ0n) is 18.3. The van der Waals surface area contributed by atoms with Crippen molar-refractivity contribution in [3.63, 3.8) is 0 Å². The number of carbonyl (C=O) groups excluding carboxylic acids is 2. The lowest BCUT2D eigenvalue weighted by molar-refractivity contribution is -0.133. The van der Waals surface area contributed by atoms with Gasteiger partial charge in [0.15, 0.2) is 0 Å². The van der Waals surface area contributed by atoms with Gasteiger partial charge in [-0.25, -0.2) is 22.3 Å². The average Bonchev–Trinajstić information content (AvgIpc) is 3.18. The standard InChI is InChI=1S/C22H27FN2O5S2/c1-4-14(2)11-19(26)25-10-9-17-18(13-25)31-22(20(17)21(27)30-3)32(28,29)24-12-15-5-7-16(23)8-6-15/h5-8,14,24H,4,9-13H2,1-3H3. The van der Waals surface area contributed by atoms with E-state index in [4.69, 9.17) is 4.74 Å². The molecule has 0 aliphatic carbocycles. The van der Waals surface area contributed by atoms with Crippen LogP contribution in [0.15, 0.2) is 28.5 Å². The molecule has 1 atom stereocenters. The molecule has 0 bridgehead atoms. The number of hydrogen-bond donors (Lipinski definition) is 1. The van der Waals surface area contributed by atoms with Crippen LogP contribution in [-0.4, -0.2) is 38.8 Å². The summed E-state index contributed by atoms with van der Waals surface area (Å²) < 4.78 is 46.5. The quantitative estimate of drug-likeness (QED) is 0.582. The number of amides is 1. The average molecular weight is 483 g/mol. The van der Waals surface area contributed by atoms with E-state index in [2.05, 4.69) is 4.72 Å². The Balaban J connectivity index is 1.87. The summed E-state index contributed by atoms with van der Waals surface area (Å²) in [6, 6.07) is 5.47. The minimum atomic E-state index is -4.04. The van der Waals surface area contributed by atoms with Gasteiger partial charge in [-0.2, -0.15) is 0 Å². The van der Waals surface area contributed by atoms with Gasteiger partial charge in [0, 0.05) is 24.4 Å². The lowest BCUT2D eigenvalue weighted by atomic mass is 10.0. The molecule has 1 unspecified atom stereocenters. The summed E-state index contributed by atoms with van der Waals surface area (Å²) in [7, 11) is -2.83. The Labute approximate surface area is 191 Å². The number of sulfonamides is 1. The molecule has 0 radical (unpaired) electrons. The molecule has 174 valence electrons. The van der Waals surface area contributed by atoms with E-state index in [9.17, 15) is 22.4 Å². The Bertz CT molecular complexity index is 1100. The van der Waals surface area contributed by atoms with Crippen LogP contribution in [0.3, 0.4) is 0 Å². The molecule has 0 fully saturated rings. The second-order valence-corrected chi connectivity index (χ2v) is 11.0. The van der Waals surface area contributed by atoms with E-state index in [1.165, 1.54) is 31.4 Å². The minimum absolute atomic E-state index is 0.0249. The SMILES string of the molecule is CCC(C)CC(=O)N1CCc2c(sc(S(=O)(=O)NCc3ccc(F)cc3)c2C(=O)OC)C1. The lowest BCUT2D eigenvalue weighted by Crippen LogP contribution is -2.36. The van der Waals surface area contributed by atoms with Crippen molar-refractivity contribution in [3.8, 4) is 0 Å². The van der Waals surface area contributed by atoms with Crippen molar-refractivity contribution in [2.45, 2.75) is 50.4 Å². The third-order valence-corrected chi connectivity index (χ3v) is 8.75. The largest absolute Gasteiger partial charge is 0.465 e. The van der Waals surface area contributed by atoms with Crippen LogP contribution in [0.5, 0.6) is 0 Å². The normalized spacial score (nSPS) is 14.7. The molecule has 1 aliphatic rings. The molecule has 3 rings (SSSR count). The molecular weight excluding hydrogens is 455 g/mol. The van der Waals surface area contributed by atoms with E-state index >= 15 is 0 Å². The molecule has 1 amide bonds. The van der Waals surface area contributed by atoms with Gasteiger partial charge in [-0.05, 0) is 35.6 Å². The fourth-order valence-electron chi connectivity index (χ4n) is 3.51.